The molecule has 1 rings (SSSR count). The summed E-state index contributed by atoms with van der Waals surface area (Å²) in [5.41, 5.74) is 0. The van der Waals surface area contributed by atoms with Gasteiger partial charge in [-0.15, -0.1) is 0 Å². The summed E-state index contributed by atoms with van der Waals surface area (Å²) < 4.78 is 1.19. The molecule has 0 aromatic carbocycles. The van der Waals surface area contributed by atoms with Gasteiger partial charge < -0.3 is 5.11 Å². The highest BCUT2D eigenvalue weighted by Crippen LogP contribution is 2.15. The Morgan fingerprint density at radius 3 is 3.33 bits per heavy atom. The molecule has 1 atom stereocenters. The second kappa shape index (κ2) is 3.34. The molecule has 0 saturated carbocycles. The summed E-state index contributed by atoms with van der Waals surface area (Å²) in [5.74, 6) is 0. The summed E-state index contributed by atoms with van der Waals surface area (Å²) >= 11 is 3.38. The average molecular weight is 192 g/mol. The van der Waals surface area contributed by atoms with Crippen molar-refractivity contribution >= 4 is 15.9 Å². The highest BCUT2D eigenvalue weighted by Gasteiger charge is 2.05. The third kappa shape index (κ3) is 2.47. The highest BCUT2D eigenvalue weighted by atomic mass is 79.9. The van der Waals surface area contributed by atoms with E-state index >= 15 is 0 Å². The predicted octanol–water partition coefficient (Wildman–Crippen LogP) is 0.967. The molecule has 9 heavy (non-hydrogen) atoms. The lowest BCUT2D eigenvalue weighted by atomic mass is 10.3. The molecule has 2 nitrogen and oxygen atoms in total. The summed E-state index contributed by atoms with van der Waals surface area (Å²) in [5, 5.41) is 12.0. The number of aliphatic hydroxyl groups excluding tert-OH is 1. The lowest BCUT2D eigenvalue weighted by Crippen LogP contribution is -2.26. The number of hydrogen-bond donors (Lipinski definition) is 2. The van der Waals surface area contributed by atoms with E-state index in [9.17, 15) is 0 Å². The maximum absolute atomic E-state index is 9.04. The van der Waals surface area contributed by atoms with Crippen LogP contribution >= 0.6 is 15.9 Å². The lowest BCUT2D eigenvalue weighted by molar-refractivity contribution is 0.135. The monoisotopic (exact) mass is 191 g/mol. The van der Waals surface area contributed by atoms with Crippen LogP contribution in [0.25, 0.3) is 0 Å². The molecule has 0 aliphatic carbocycles. The van der Waals surface area contributed by atoms with Gasteiger partial charge in [0, 0.05) is 6.54 Å². The quantitative estimate of drug-likeness (QED) is 0.599. The second-order valence-corrected chi connectivity index (χ2v) is 3.13. The fraction of sp³-hybridized carbons (Fsp3) is 0.667. The number of nitrogens with one attached hydrogen (secondary N) is 1. The minimum Gasteiger partial charge on any atom is -0.379 e. The van der Waals surface area contributed by atoms with Crippen LogP contribution in [0.4, 0.5) is 0 Å². The van der Waals surface area contributed by atoms with Crippen molar-refractivity contribution in [2.24, 2.45) is 0 Å². The number of allylic oxidation sites excluding steroid dienone is 1. The van der Waals surface area contributed by atoms with Crippen LogP contribution in [0.5, 0.6) is 0 Å². The zero-order chi connectivity index (χ0) is 6.69. The zero-order valence-electron chi connectivity index (χ0n) is 5.10. The molecular formula is C6H10BrNO. The molecule has 1 aliphatic rings. The van der Waals surface area contributed by atoms with Crippen molar-refractivity contribution < 1.29 is 5.11 Å². The van der Waals surface area contributed by atoms with Crippen LogP contribution in [0, 0.1) is 0 Å². The molecule has 52 valence electrons. The Morgan fingerprint density at radius 2 is 2.56 bits per heavy atom. The van der Waals surface area contributed by atoms with Gasteiger partial charge in [-0.2, -0.15) is 0 Å². The normalized spacial score (nSPS) is 29.1. The molecule has 3 heteroatoms. The summed E-state index contributed by atoms with van der Waals surface area (Å²) in [6.07, 6.45) is 3.46. The van der Waals surface area contributed by atoms with Crippen molar-refractivity contribution in [2.45, 2.75) is 19.1 Å². The smallest absolute Gasteiger partial charge is 0.105 e. The molecule has 1 unspecified atom stereocenters. The molecule has 0 radical (unpaired) electrons. The van der Waals surface area contributed by atoms with Gasteiger partial charge >= 0.3 is 0 Å². The van der Waals surface area contributed by atoms with Crippen LogP contribution in [0.15, 0.2) is 10.6 Å². The van der Waals surface area contributed by atoms with E-state index < -0.39 is 0 Å². The Balaban J connectivity index is 2.39. The Morgan fingerprint density at radius 1 is 1.78 bits per heavy atom. The largest absolute Gasteiger partial charge is 0.379 e. The Kier molecular flexibility index (Phi) is 2.69. The Bertz CT molecular complexity index is 124. The van der Waals surface area contributed by atoms with E-state index in [-0.39, 0.29) is 6.23 Å². The number of rotatable bonds is 0. The first-order chi connectivity index (χ1) is 4.29. The first-order valence-electron chi connectivity index (χ1n) is 3.05. The number of aliphatic hydroxyl groups is 1. The SMILES string of the molecule is OC1CCC(Br)=CCN1. The standard InChI is InChI=1S/C6H10BrNO/c7-5-1-2-6(9)8-4-3-5/h3,6,8-9H,1-2,4H2. The van der Waals surface area contributed by atoms with Crippen LogP contribution in [-0.2, 0) is 0 Å². The van der Waals surface area contributed by atoms with Gasteiger partial charge in [0.25, 0.3) is 0 Å². The average Bonchev–Trinajstić information content (AvgIpc) is 1.97. The first-order valence-corrected chi connectivity index (χ1v) is 3.84. The maximum Gasteiger partial charge on any atom is 0.105 e. The molecule has 1 heterocycles. The summed E-state index contributed by atoms with van der Waals surface area (Å²) in [6.45, 7) is 0.766. The molecule has 0 fully saturated rings. The molecule has 0 amide bonds. The molecule has 0 aromatic heterocycles. The van der Waals surface area contributed by atoms with Crippen LogP contribution in [0.1, 0.15) is 12.8 Å². The van der Waals surface area contributed by atoms with E-state index in [0.717, 1.165) is 19.4 Å². The molecule has 0 saturated heterocycles. The fourth-order valence-electron chi connectivity index (χ4n) is 0.784. The predicted molar refractivity (Wildman–Crippen MR) is 40.3 cm³/mol. The van der Waals surface area contributed by atoms with Crippen LogP contribution < -0.4 is 5.32 Å². The minimum absolute atomic E-state index is 0.323. The Labute approximate surface area is 63.1 Å². The molecule has 0 spiro atoms. The molecular weight excluding hydrogens is 182 g/mol. The van der Waals surface area contributed by atoms with Gasteiger partial charge in [-0.1, -0.05) is 22.0 Å². The van der Waals surface area contributed by atoms with Gasteiger partial charge in [0.1, 0.15) is 6.23 Å². The molecule has 1 aliphatic heterocycles. The topological polar surface area (TPSA) is 32.3 Å². The third-order valence-corrected chi connectivity index (χ3v) is 2.05. The van der Waals surface area contributed by atoms with E-state index in [2.05, 4.69) is 21.2 Å². The van der Waals surface area contributed by atoms with E-state index in [1.165, 1.54) is 4.48 Å². The number of halogens is 1. The second-order valence-electron chi connectivity index (χ2n) is 2.11. The minimum atomic E-state index is -0.323. The molecule has 0 bridgehead atoms. The highest BCUT2D eigenvalue weighted by molar-refractivity contribution is 9.11. The van der Waals surface area contributed by atoms with Gasteiger partial charge in [-0.05, 0) is 17.3 Å². The van der Waals surface area contributed by atoms with Crippen molar-refractivity contribution in [1.82, 2.24) is 5.32 Å². The van der Waals surface area contributed by atoms with Gasteiger partial charge in [-0.25, -0.2) is 0 Å². The lowest BCUT2D eigenvalue weighted by Gasteiger charge is -2.05. The van der Waals surface area contributed by atoms with E-state index in [1.807, 2.05) is 6.08 Å². The fourth-order valence-corrected chi connectivity index (χ4v) is 1.18. The van der Waals surface area contributed by atoms with Crippen LogP contribution in [-0.4, -0.2) is 17.9 Å². The third-order valence-electron chi connectivity index (χ3n) is 1.33. The zero-order valence-corrected chi connectivity index (χ0v) is 6.69. The molecule has 2 N–H and O–H groups in total. The van der Waals surface area contributed by atoms with E-state index in [1.54, 1.807) is 0 Å². The summed E-state index contributed by atoms with van der Waals surface area (Å²) in [7, 11) is 0. The van der Waals surface area contributed by atoms with E-state index in [0.29, 0.717) is 0 Å². The van der Waals surface area contributed by atoms with Gasteiger partial charge in [0.2, 0.25) is 0 Å². The van der Waals surface area contributed by atoms with Crippen molar-refractivity contribution in [3.63, 3.8) is 0 Å². The number of hydrogen-bond acceptors (Lipinski definition) is 2. The van der Waals surface area contributed by atoms with Crippen LogP contribution in [0.2, 0.25) is 0 Å². The van der Waals surface area contributed by atoms with Gasteiger partial charge in [0.15, 0.2) is 0 Å². The summed E-state index contributed by atoms with van der Waals surface area (Å²) in [6, 6.07) is 0. The van der Waals surface area contributed by atoms with Crippen molar-refractivity contribution in [2.75, 3.05) is 6.54 Å². The van der Waals surface area contributed by atoms with Crippen molar-refractivity contribution in [1.29, 1.82) is 0 Å². The van der Waals surface area contributed by atoms with Crippen molar-refractivity contribution in [3.05, 3.63) is 10.6 Å². The summed E-state index contributed by atoms with van der Waals surface area (Å²) in [4.78, 5) is 0. The van der Waals surface area contributed by atoms with Crippen LogP contribution in [0.3, 0.4) is 0 Å². The first kappa shape index (κ1) is 7.25. The molecule has 0 aromatic rings. The van der Waals surface area contributed by atoms with Gasteiger partial charge in [0.05, 0.1) is 0 Å². The van der Waals surface area contributed by atoms with E-state index in [4.69, 9.17) is 5.11 Å². The Hall–Kier alpha value is 0.140. The van der Waals surface area contributed by atoms with Crippen molar-refractivity contribution in [3.8, 4) is 0 Å². The van der Waals surface area contributed by atoms with Gasteiger partial charge in [-0.3, -0.25) is 5.32 Å². The maximum atomic E-state index is 9.04.